The summed E-state index contributed by atoms with van der Waals surface area (Å²) in [4.78, 5) is 19.8. The zero-order valence-corrected chi connectivity index (χ0v) is 18.6. The third-order valence-electron chi connectivity index (χ3n) is 5.57. The van der Waals surface area contributed by atoms with Gasteiger partial charge in [0.1, 0.15) is 10.8 Å². The second-order valence-electron chi connectivity index (χ2n) is 7.66. The van der Waals surface area contributed by atoms with Crippen molar-refractivity contribution in [3.8, 4) is 21.8 Å². The molecular weight excluding hydrogens is 437 g/mol. The minimum absolute atomic E-state index is 0.194. The van der Waals surface area contributed by atoms with Gasteiger partial charge in [0.2, 0.25) is 0 Å². The van der Waals surface area contributed by atoms with E-state index in [-0.39, 0.29) is 11.7 Å². The molecule has 0 aliphatic carbocycles. The summed E-state index contributed by atoms with van der Waals surface area (Å²) in [5.74, 6) is -0.499. The van der Waals surface area contributed by atoms with Crippen LogP contribution in [-0.2, 0) is 4.74 Å². The van der Waals surface area contributed by atoms with Gasteiger partial charge in [-0.3, -0.25) is 4.79 Å². The van der Waals surface area contributed by atoms with Crippen molar-refractivity contribution in [2.45, 2.75) is 0 Å². The van der Waals surface area contributed by atoms with E-state index in [1.807, 2.05) is 53.9 Å². The highest BCUT2D eigenvalue weighted by Crippen LogP contribution is 2.33. The quantitative estimate of drug-likeness (QED) is 0.416. The monoisotopic (exact) mass is 459 g/mol. The van der Waals surface area contributed by atoms with Crippen molar-refractivity contribution >= 4 is 28.6 Å². The third-order valence-corrected chi connectivity index (χ3v) is 6.44. The second kappa shape index (κ2) is 9.52. The lowest BCUT2D eigenvalue weighted by molar-refractivity contribution is 0.102. The third kappa shape index (κ3) is 4.65. The molecule has 1 fully saturated rings. The Kier molecular flexibility index (Phi) is 6.15. The first-order valence-electron chi connectivity index (χ1n) is 10.7. The van der Waals surface area contributed by atoms with Crippen molar-refractivity contribution in [1.82, 2.24) is 4.98 Å². The van der Waals surface area contributed by atoms with Crippen LogP contribution in [0.25, 0.3) is 21.8 Å². The highest BCUT2D eigenvalue weighted by molar-refractivity contribution is 7.13. The molecule has 1 amide bonds. The van der Waals surface area contributed by atoms with Crippen LogP contribution in [0.1, 0.15) is 10.4 Å². The molecule has 1 aliphatic heterocycles. The summed E-state index contributed by atoms with van der Waals surface area (Å²) in [6, 6.07) is 21.7. The fraction of sp³-hybridized carbons (Fsp3) is 0.154. The molecule has 166 valence electrons. The summed E-state index contributed by atoms with van der Waals surface area (Å²) in [6.07, 6.45) is 0. The van der Waals surface area contributed by atoms with E-state index >= 15 is 0 Å². The van der Waals surface area contributed by atoms with E-state index in [1.54, 1.807) is 18.2 Å². The Labute approximate surface area is 195 Å². The molecular formula is C26H22FN3O2S. The number of nitrogens with zero attached hydrogens (tertiary/aromatic N) is 2. The lowest BCUT2D eigenvalue weighted by Gasteiger charge is -2.28. The summed E-state index contributed by atoms with van der Waals surface area (Å²) in [5.41, 5.74) is 4.26. The molecule has 33 heavy (non-hydrogen) atoms. The fourth-order valence-electron chi connectivity index (χ4n) is 3.81. The number of benzene rings is 3. The van der Waals surface area contributed by atoms with E-state index in [9.17, 15) is 9.18 Å². The first-order chi connectivity index (χ1) is 16.2. The summed E-state index contributed by atoms with van der Waals surface area (Å²) in [7, 11) is 0. The van der Waals surface area contributed by atoms with Gasteiger partial charge in [-0.15, -0.1) is 11.3 Å². The van der Waals surface area contributed by atoms with Crippen LogP contribution in [0.2, 0.25) is 0 Å². The van der Waals surface area contributed by atoms with Crippen molar-refractivity contribution < 1.29 is 13.9 Å². The Balaban J connectivity index is 1.35. The first-order valence-corrected chi connectivity index (χ1v) is 11.6. The predicted molar refractivity (Wildman–Crippen MR) is 130 cm³/mol. The number of morpholine rings is 1. The predicted octanol–water partition coefficient (Wildman–Crippen LogP) is 5.71. The summed E-state index contributed by atoms with van der Waals surface area (Å²) < 4.78 is 19.6. The van der Waals surface area contributed by atoms with Crippen molar-refractivity contribution in [2.75, 3.05) is 36.5 Å². The Morgan fingerprint density at radius 3 is 2.39 bits per heavy atom. The number of aromatic nitrogens is 1. The number of anilines is 2. The molecule has 1 saturated heterocycles. The molecule has 7 heteroatoms. The molecule has 0 unspecified atom stereocenters. The molecule has 0 atom stereocenters. The maximum Gasteiger partial charge on any atom is 0.255 e. The number of rotatable bonds is 5. The number of amides is 1. The SMILES string of the molecule is O=C(Nc1ccccc1-c1csc(-c2ccccc2F)n1)c1ccc(N2CCOCC2)cc1. The van der Waals surface area contributed by atoms with Gasteiger partial charge in [0.25, 0.3) is 5.91 Å². The number of carbonyl (C=O) groups excluding carboxylic acids is 1. The van der Waals surface area contributed by atoms with Crippen LogP contribution in [0.3, 0.4) is 0 Å². The standard InChI is InChI=1S/C26H22FN3O2S/c27-22-7-3-1-5-20(22)26-29-24(17-33-26)21-6-2-4-8-23(21)28-25(31)18-9-11-19(12-10-18)30-13-15-32-16-14-30/h1-12,17H,13-16H2,(H,28,31). The number of para-hydroxylation sites is 1. The van der Waals surface area contributed by atoms with Gasteiger partial charge in [-0.1, -0.05) is 30.3 Å². The van der Waals surface area contributed by atoms with Crippen LogP contribution >= 0.6 is 11.3 Å². The summed E-state index contributed by atoms with van der Waals surface area (Å²) in [5, 5.41) is 5.48. The Morgan fingerprint density at radius 1 is 0.939 bits per heavy atom. The topological polar surface area (TPSA) is 54.5 Å². The number of hydrogen-bond donors (Lipinski definition) is 1. The van der Waals surface area contributed by atoms with E-state index in [4.69, 9.17) is 4.74 Å². The van der Waals surface area contributed by atoms with Gasteiger partial charge >= 0.3 is 0 Å². The molecule has 2 heterocycles. The second-order valence-corrected chi connectivity index (χ2v) is 8.52. The van der Waals surface area contributed by atoms with Gasteiger partial charge in [0, 0.05) is 40.8 Å². The zero-order valence-electron chi connectivity index (χ0n) is 17.8. The van der Waals surface area contributed by atoms with Gasteiger partial charge in [-0.05, 0) is 42.5 Å². The number of hydrogen-bond acceptors (Lipinski definition) is 5. The van der Waals surface area contributed by atoms with Gasteiger partial charge in [-0.25, -0.2) is 9.37 Å². The molecule has 4 aromatic rings. The molecule has 5 rings (SSSR count). The maximum absolute atomic E-state index is 14.2. The maximum atomic E-state index is 14.2. The molecule has 5 nitrogen and oxygen atoms in total. The van der Waals surface area contributed by atoms with Gasteiger partial charge in [-0.2, -0.15) is 0 Å². The van der Waals surface area contributed by atoms with Gasteiger partial charge < -0.3 is 15.0 Å². The lowest BCUT2D eigenvalue weighted by atomic mass is 10.1. The Bertz CT molecular complexity index is 1270. The Morgan fingerprint density at radius 2 is 1.64 bits per heavy atom. The van der Waals surface area contributed by atoms with E-state index < -0.39 is 0 Å². The molecule has 1 aliphatic rings. The molecule has 0 spiro atoms. The van der Waals surface area contributed by atoms with Crippen molar-refractivity contribution in [1.29, 1.82) is 0 Å². The van der Waals surface area contributed by atoms with E-state index in [1.165, 1.54) is 17.4 Å². The van der Waals surface area contributed by atoms with Crippen molar-refractivity contribution in [2.24, 2.45) is 0 Å². The van der Waals surface area contributed by atoms with Crippen LogP contribution < -0.4 is 10.2 Å². The van der Waals surface area contributed by atoms with Crippen LogP contribution in [0.15, 0.2) is 78.2 Å². The van der Waals surface area contributed by atoms with Crippen LogP contribution in [0.4, 0.5) is 15.8 Å². The van der Waals surface area contributed by atoms with Crippen LogP contribution in [-0.4, -0.2) is 37.2 Å². The van der Waals surface area contributed by atoms with Crippen molar-refractivity contribution in [3.63, 3.8) is 0 Å². The smallest absolute Gasteiger partial charge is 0.255 e. The minimum atomic E-state index is -0.305. The van der Waals surface area contributed by atoms with E-state index in [2.05, 4.69) is 15.2 Å². The summed E-state index contributed by atoms with van der Waals surface area (Å²) >= 11 is 1.37. The minimum Gasteiger partial charge on any atom is -0.378 e. The number of nitrogens with one attached hydrogen (secondary N) is 1. The summed E-state index contributed by atoms with van der Waals surface area (Å²) in [6.45, 7) is 3.13. The van der Waals surface area contributed by atoms with Crippen LogP contribution in [0.5, 0.6) is 0 Å². The van der Waals surface area contributed by atoms with Gasteiger partial charge in [0.15, 0.2) is 0 Å². The highest BCUT2D eigenvalue weighted by Gasteiger charge is 2.16. The zero-order chi connectivity index (χ0) is 22.6. The molecule has 0 saturated carbocycles. The average Bonchev–Trinajstić information content (AvgIpc) is 3.35. The lowest BCUT2D eigenvalue weighted by Crippen LogP contribution is -2.36. The molecule has 0 radical (unpaired) electrons. The largest absolute Gasteiger partial charge is 0.378 e. The number of carbonyl (C=O) groups is 1. The molecule has 1 N–H and O–H groups in total. The Hall–Kier alpha value is -3.55. The van der Waals surface area contributed by atoms with Crippen molar-refractivity contribution in [3.05, 3.63) is 89.6 Å². The highest BCUT2D eigenvalue weighted by atomic mass is 32.1. The number of halogens is 1. The number of ether oxygens (including phenoxy) is 1. The van der Waals surface area contributed by atoms with E-state index in [0.29, 0.717) is 40.7 Å². The molecule has 3 aromatic carbocycles. The fourth-order valence-corrected chi connectivity index (χ4v) is 4.66. The van der Waals surface area contributed by atoms with Crippen LogP contribution in [0, 0.1) is 5.82 Å². The normalized spacial score (nSPS) is 13.7. The van der Waals surface area contributed by atoms with Gasteiger partial charge in [0.05, 0.1) is 24.6 Å². The average molecular weight is 460 g/mol. The number of thiazole rings is 1. The molecule has 1 aromatic heterocycles. The first kappa shape index (κ1) is 21.3. The van der Waals surface area contributed by atoms with E-state index in [0.717, 1.165) is 24.3 Å². The molecule has 0 bridgehead atoms.